The van der Waals surface area contributed by atoms with E-state index in [2.05, 4.69) is 50.2 Å². The number of halogens is 1. The third kappa shape index (κ3) is 2.46. The Kier molecular flexibility index (Phi) is 3.97. The lowest BCUT2D eigenvalue weighted by Crippen LogP contribution is -2.10. The normalized spacial score (nSPS) is 16.8. The van der Waals surface area contributed by atoms with Gasteiger partial charge in [-0.2, -0.15) is 5.26 Å². The molecule has 0 aliphatic carbocycles. The van der Waals surface area contributed by atoms with Gasteiger partial charge in [0.1, 0.15) is 6.07 Å². The number of rotatable bonds is 1. The Morgan fingerprint density at radius 2 is 1.95 bits per heavy atom. The van der Waals surface area contributed by atoms with Crippen LogP contribution in [0.2, 0.25) is 5.02 Å². The second-order valence-electron chi connectivity index (χ2n) is 5.65. The van der Waals surface area contributed by atoms with E-state index in [-0.39, 0.29) is 0 Å². The van der Waals surface area contributed by atoms with Crippen LogP contribution in [-0.4, -0.2) is 0 Å². The van der Waals surface area contributed by atoms with Crippen LogP contribution in [0.5, 0.6) is 0 Å². The molecule has 0 saturated heterocycles. The highest BCUT2D eigenvalue weighted by molar-refractivity contribution is 7.98. The highest BCUT2D eigenvalue weighted by Gasteiger charge is 2.28. The minimum atomic E-state index is 0.330. The molecule has 1 aliphatic heterocycles. The Morgan fingerprint density at radius 1 is 1.19 bits per heavy atom. The van der Waals surface area contributed by atoms with Gasteiger partial charge >= 0.3 is 0 Å². The zero-order valence-corrected chi connectivity index (χ0v) is 13.6. The van der Waals surface area contributed by atoms with Gasteiger partial charge in [0.05, 0.1) is 10.6 Å². The van der Waals surface area contributed by atoms with Crippen LogP contribution in [0.25, 0.3) is 0 Å². The molecule has 0 fully saturated rings. The van der Waals surface area contributed by atoms with Crippen LogP contribution < -0.4 is 0 Å². The molecule has 0 N–H and O–H groups in total. The van der Waals surface area contributed by atoms with E-state index in [0.717, 1.165) is 11.3 Å². The van der Waals surface area contributed by atoms with E-state index in [1.54, 1.807) is 0 Å². The molecule has 2 aromatic rings. The average Bonchev–Trinajstić information content (AvgIpc) is 2.64. The summed E-state index contributed by atoms with van der Waals surface area (Å²) in [6, 6.07) is 14.7. The summed E-state index contributed by atoms with van der Waals surface area (Å²) in [4.78, 5) is 1.32. The van der Waals surface area contributed by atoms with Crippen molar-refractivity contribution in [2.24, 2.45) is 5.92 Å². The van der Waals surface area contributed by atoms with Crippen molar-refractivity contribution >= 4 is 23.4 Å². The molecule has 0 radical (unpaired) electrons. The van der Waals surface area contributed by atoms with E-state index in [9.17, 15) is 5.26 Å². The Balaban J connectivity index is 2.26. The van der Waals surface area contributed by atoms with Crippen molar-refractivity contribution in [3.8, 4) is 6.07 Å². The van der Waals surface area contributed by atoms with Crippen molar-refractivity contribution in [2.45, 2.75) is 30.4 Å². The molecule has 21 heavy (non-hydrogen) atoms. The van der Waals surface area contributed by atoms with Gasteiger partial charge in [0.25, 0.3) is 0 Å². The molecule has 106 valence electrons. The van der Waals surface area contributed by atoms with E-state index in [1.165, 1.54) is 16.0 Å². The Morgan fingerprint density at radius 3 is 2.67 bits per heavy atom. The van der Waals surface area contributed by atoms with Gasteiger partial charge in [-0.3, -0.25) is 0 Å². The molecular formula is C18H16ClNS. The number of benzene rings is 2. The molecule has 1 heterocycles. The van der Waals surface area contributed by atoms with Gasteiger partial charge in [-0.25, -0.2) is 0 Å². The van der Waals surface area contributed by atoms with E-state index >= 15 is 0 Å². The van der Waals surface area contributed by atoms with Gasteiger partial charge in [0.2, 0.25) is 0 Å². The smallest absolute Gasteiger partial charge is 0.101 e. The zero-order chi connectivity index (χ0) is 15.0. The van der Waals surface area contributed by atoms with Crippen LogP contribution in [0.15, 0.2) is 41.3 Å². The number of nitrogens with zero attached hydrogens (tertiary/aromatic N) is 1. The molecule has 0 aromatic heterocycles. The lowest BCUT2D eigenvalue weighted by Gasteiger charge is -2.24. The van der Waals surface area contributed by atoms with Crippen molar-refractivity contribution in [3.05, 3.63) is 63.7 Å². The van der Waals surface area contributed by atoms with E-state index in [4.69, 9.17) is 11.6 Å². The molecule has 0 bridgehead atoms. The van der Waals surface area contributed by atoms with Gasteiger partial charge in [-0.1, -0.05) is 49.7 Å². The number of thioether (sulfide) groups is 1. The molecule has 0 saturated carbocycles. The van der Waals surface area contributed by atoms with Crippen molar-refractivity contribution < 1.29 is 0 Å². The summed E-state index contributed by atoms with van der Waals surface area (Å²) >= 11 is 8.29. The minimum Gasteiger partial charge on any atom is -0.192 e. The molecule has 3 rings (SSSR count). The maximum Gasteiger partial charge on any atom is 0.101 e. The van der Waals surface area contributed by atoms with Gasteiger partial charge in [-0.05, 0) is 34.7 Å². The molecule has 3 heteroatoms. The molecule has 1 atom stereocenters. The predicted octanol–water partition coefficient (Wildman–Crippen LogP) is 5.61. The Hall–Kier alpha value is -1.43. The van der Waals surface area contributed by atoms with Crippen LogP contribution >= 0.6 is 23.4 Å². The summed E-state index contributed by atoms with van der Waals surface area (Å²) in [5.74, 6) is 1.63. The largest absolute Gasteiger partial charge is 0.192 e. The topological polar surface area (TPSA) is 23.8 Å². The third-order valence-corrected chi connectivity index (χ3v) is 5.58. The molecule has 0 spiro atoms. The van der Waals surface area contributed by atoms with Crippen molar-refractivity contribution in [3.63, 3.8) is 0 Å². The number of hydrogen-bond donors (Lipinski definition) is 0. The molecule has 1 nitrogen and oxygen atoms in total. The maximum absolute atomic E-state index is 9.20. The van der Waals surface area contributed by atoms with E-state index in [0.29, 0.717) is 22.4 Å². The summed E-state index contributed by atoms with van der Waals surface area (Å²) in [7, 11) is 0. The first-order valence-corrected chi connectivity index (χ1v) is 8.43. The monoisotopic (exact) mass is 313 g/mol. The SMILES string of the molecule is CC(C)C1c2ccccc2SCc2c1ccc(C#N)c2Cl. The van der Waals surface area contributed by atoms with Gasteiger partial charge in [-0.15, -0.1) is 11.8 Å². The predicted molar refractivity (Wildman–Crippen MR) is 88.9 cm³/mol. The van der Waals surface area contributed by atoms with Crippen LogP contribution in [0.4, 0.5) is 0 Å². The highest BCUT2D eigenvalue weighted by Crippen LogP contribution is 2.46. The zero-order valence-electron chi connectivity index (χ0n) is 12.1. The highest BCUT2D eigenvalue weighted by atomic mass is 35.5. The van der Waals surface area contributed by atoms with E-state index < -0.39 is 0 Å². The molecule has 1 unspecified atom stereocenters. The number of fused-ring (bicyclic) bond motifs is 2. The molecular weight excluding hydrogens is 298 g/mol. The van der Waals surface area contributed by atoms with Crippen LogP contribution in [0.3, 0.4) is 0 Å². The van der Waals surface area contributed by atoms with Crippen LogP contribution in [-0.2, 0) is 5.75 Å². The van der Waals surface area contributed by atoms with E-state index in [1.807, 2.05) is 17.8 Å². The first-order valence-electron chi connectivity index (χ1n) is 7.06. The first-order chi connectivity index (χ1) is 10.1. The van der Waals surface area contributed by atoms with Gasteiger partial charge in [0.15, 0.2) is 0 Å². The lowest BCUT2D eigenvalue weighted by molar-refractivity contribution is 0.556. The van der Waals surface area contributed by atoms with Crippen LogP contribution in [0.1, 0.15) is 42.0 Å². The third-order valence-electron chi connectivity index (χ3n) is 4.03. The lowest BCUT2D eigenvalue weighted by atomic mass is 9.80. The minimum absolute atomic E-state index is 0.330. The van der Waals surface area contributed by atoms with Crippen LogP contribution in [0, 0.1) is 17.2 Å². The average molecular weight is 314 g/mol. The second-order valence-corrected chi connectivity index (χ2v) is 7.05. The first kappa shape index (κ1) is 14.5. The van der Waals surface area contributed by atoms with Gasteiger partial charge < -0.3 is 0 Å². The molecule has 2 aromatic carbocycles. The molecule has 0 amide bonds. The summed E-state index contributed by atoms with van der Waals surface area (Å²) in [6.07, 6.45) is 0. The Bertz CT molecular complexity index is 730. The second kappa shape index (κ2) is 5.75. The quantitative estimate of drug-likeness (QED) is 0.683. The molecule has 1 aliphatic rings. The standard InChI is InChI=1S/C18H16ClNS/c1-11(2)17-13-8-7-12(9-20)18(19)15(13)10-21-16-6-4-3-5-14(16)17/h3-8,11,17H,10H2,1-2H3. The summed E-state index contributed by atoms with van der Waals surface area (Å²) in [5, 5.41) is 9.82. The Labute approximate surface area is 134 Å². The summed E-state index contributed by atoms with van der Waals surface area (Å²) in [6.45, 7) is 4.49. The fraction of sp³-hybridized carbons (Fsp3) is 0.278. The van der Waals surface area contributed by atoms with Crippen molar-refractivity contribution in [2.75, 3.05) is 0 Å². The van der Waals surface area contributed by atoms with Gasteiger partial charge in [0, 0.05) is 16.6 Å². The number of hydrogen-bond acceptors (Lipinski definition) is 2. The fourth-order valence-electron chi connectivity index (χ4n) is 3.07. The summed E-state index contributed by atoms with van der Waals surface area (Å²) < 4.78 is 0. The van der Waals surface area contributed by atoms with Crippen molar-refractivity contribution in [1.82, 2.24) is 0 Å². The summed E-state index contributed by atoms with van der Waals surface area (Å²) in [5.41, 5.74) is 4.34. The van der Waals surface area contributed by atoms with Crippen molar-refractivity contribution in [1.29, 1.82) is 5.26 Å². The maximum atomic E-state index is 9.20. The fourth-order valence-corrected chi connectivity index (χ4v) is 4.57. The number of nitriles is 1.